The van der Waals surface area contributed by atoms with Crippen LogP contribution < -0.4 is 15.5 Å². The molecule has 0 bridgehead atoms. The molecule has 0 radical (unpaired) electrons. The van der Waals surface area contributed by atoms with E-state index < -0.39 is 0 Å². The molecule has 152 valence electrons. The molecule has 0 spiro atoms. The second-order valence-electron chi connectivity index (χ2n) is 6.96. The Morgan fingerprint density at radius 3 is 2.50 bits per heavy atom. The van der Waals surface area contributed by atoms with Crippen LogP contribution in [-0.4, -0.2) is 30.8 Å². The molecule has 0 saturated carbocycles. The van der Waals surface area contributed by atoms with Crippen LogP contribution in [0.3, 0.4) is 0 Å². The maximum Gasteiger partial charge on any atom is 0.191 e. The van der Waals surface area contributed by atoms with Crippen molar-refractivity contribution in [3.05, 3.63) is 59.5 Å². The van der Waals surface area contributed by atoms with E-state index in [1.807, 2.05) is 6.07 Å². The van der Waals surface area contributed by atoms with E-state index in [9.17, 15) is 0 Å². The van der Waals surface area contributed by atoms with E-state index in [0.717, 1.165) is 37.0 Å². The van der Waals surface area contributed by atoms with Crippen LogP contribution in [0, 0.1) is 0 Å². The zero-order chi connectivity index (χ0) is 19.1. The number of hydrogen-bond donors (Lipinski definition) is 2. The molecule has 3 rings (SSSR count). The fourth-order valence-corrected chi connectivity index (χ4v) is 2.87. The molecule has 0 aliphatic carbocycles. The Hall–Kier alpha value is -2.03. The van der Waals surface area contributed by atoms with E-state index in [2.05, 4.69) is 82.9 Å². The third-order valence-electron chi connectivity index (χ3n) is 4.48. The molecule has 0 unspecified atom stereocenters. The summed E-state index contributed by atoms with van der Waals surface area (Å²) < 4.78 is 5.37. The summed E-state index contributed by atoms with van der Waals surface area (Å²) >= 11 is 0. The average Bonchev–Trinajstić information content (AvgIpc) is 3.36. The van der Waals surface area contributed by atoms with Gasteiger partial charge in [-0.15, -0.1) is 24.0 Å². The molecule has 2 N–H and O–H groups in total. The van der Waals surface area contributed by atoms with Crippen LogP contribution in [0.4, 0.5) is 5.69 Å². The lowest BCUT2D eigenvalue weighted by Gasteiger charge is -2.17. The summed E-state index contributed by atoms with van der Waals surface area (Å²) in [6.07, 6.45) is 4.40. The number of nitrogens with one attached hydrogen (secondary N) is 2. The summed E-state index contributed by atoms with van der Waals surface area (Å²) in [4.78, 5) is 7.01. The van der Waals surface area contributed by atoms with Crippen LogP contribution in [0.25, 0.3) is 0 Å². The Morgan fingerprint density at radius 2 is 1.89 bits per heavy atom. The van der Waals surface area contributed by atoms with E-state index in [1.165, 1.54) is 11.3 Å². The minimum absolute atomic E-state index is 0. The van der Waals surface area contributed by atoms with Gasteiger partial charge in [0.15, 0.2) is 11.7 Å². The summed E-state index contributed by atoms with van der Waals surface area (Å²) in [5.74, 6) is 1.95. The van der Waals surface area contributed by atoms with Gasteiger partial charge in [0, 0.05) is 31.4 Å². The van der Waals surface area contributed by atoms with Crippen LogP contribution in [0.1, 0.15) is 43.7 Å². The van der Waals surface area contributed by atoms with Crippen molar-refractivity contribution in [3.8, 4) is 0 Å². The topological polar surface area (TPSA) is 65.7 Å². The van der Waals surface area contributed by atoms with Gasteiger partial charge in [-0.1, -0.05) is 43.3 Å². The van der Waals surface area contributed by atoms with Crippen LogP contribution in [0.5, 0.6) is 0 Å². The fourth-order valence-electron chi connectivity index (χ4n) is 2.87. The zero-order valence-electron chi connectivity index (χ0n) is 16.8. The molecule has 1 aromatic carbocycles. The van der Waals surface area contributed by atoms with Gasteiger partial charge in [0.05, 0.1) is 18.8 Å². The highest BCUT2D eigenvalue weighted by Gasteiger charge is 2.09. The SMILES string of the molecule is CCNC(=NCc1ccc(N2CC=CC2)cc1)NCc1cc(C(C)C)no1.I. The molecule has 1 aliphatic rings. The highest BCUT2D eigenvalue weighted by Crippen LogP contribution is 2.18. The van der Waals surface area contributed by atoms with Gasteiger partial charge < -0.3 is 20.1 Å². The first-order valence-electron chi connectivity index (χ1n) is 9.62. The maximum atomic E-state index is 5.37. The molecule has 0 saturated heterocycles. The lowest BCUT2D eigenvalue weighted by molar-refractivity contribution is 0.372. The van der Waals surface area contributed by atoms with E-state index in [4.69, 9.17) is 4.52 Å². The van der Waals surface area contributed by atoms with E-state index >= 15 is 0 Å². The van der Waals surface area contributed by atoms with Gasteiger partial charge in [-0.05, 0) is 30.5 Å². The number of benzene rings is 1. The number of halogens is 1. The summed E-state index contributed by atoms with van der Waals surface area (Å²) in [6, 6.07) is 10.6. The Kier molecular flexibility index (Phi) is 8.82. The van der Waals surface area contributed by atoms with Crippen molar-refractivity contribution in [2.75, 3.05) is 24.5 Å². The third kappa shape index (κ3) is 6.25. The van der Waals surface area contributed by atoms with Gasteiger partial charge >= 0.3 is 0 Å². The zero-order valence-corrected chi connectivity index (χ0v) is 19.1. The third-order valence-corrected chi connectivity index (χ3v) is 4.48. The lowest BCUT2D eigenvalue weighted by atomic mass is 10.1. The van der Waals surface area contributed by atoms with E-state index in [-0.39, 0.29) is 24.0 Å². The quantitative estimate of drug-likeness (QED) is 0.263. The van der Waals surface area contributed by atoms with Crippen LogP contribution in [0.2, 0.25) is 0 Å². The summed E-state index contributed by atoms with van der Waals surface area (Å²) in [5, 5.41) is 10.7. The molecule has 2 aromatic rings. The van der Waals surface area contributed by atoms with E-state index in [0.29, 0.717) is 19.0 Å². The number of rotatable bonds is 7. The van der Waals surface area contributed by atoms with Crippen molar-refractivity contribution in [1.29, 1.82) is 0 Å². The first-order valence-corrected chi connectivity index (χ1v) is 9.62. The molecular formula is C21H30IN5O. The van der Waals surface area contributed by atoms with Crippen LogP contribution in [0.15, 0.2) is 52.0 Å². The first kappa shape index (κ1) is 22.3. The summed E-state index contributed by atoms with van der Waals surface area (Å²) in [5.41, 5.74) is 3.41. The van der Waals surface area contributed by atoms with Gasteiger partial charge in [0.25, 0.3) is 0 Å². The van der Waals surface area contributed by atoms with Gasteiger partial charge in [0.2, 0.25) is 0 Å². The lowest BCUT2D eigenvalue weighted by Crippen LogP contribution is -2.36. The highest BCUT2D eigenvalue weighted by molar-refractivity contribution is 14.0. The molecule has 7 heteroatoms. The van der Waals surface area contributed by atoms with Gasteiger partial charge in [-0.25, -0.2) is 4.99 Å². The van der Waals surface area contributed by atoms with Crippen LogP contribution >= 0.6 is 24.0 Å². The maximum absolute atomic E-state index is 5.37. The van der Waals surface area contributed by atoms with Crippen molar-refractivity contribution < 1.29 is 4.52 Å². The monoisotopic (exact) mass is 495 g/mol. The average molecular weight is 495 g/mol. The van der Waals surface area contributed by atoms with Crippen molar-refractivity contribution in [2.45, 2.75) is 39.8 Å². The Bertz CT molecular complexity index is 774. The van der Waals surface area contributed by atoms with Gasteiger partial charge in [-0.2, -0.15) is 0 Å². The number of hydrogen-bond acceptors (Lipinski definition) is 4. The standard InChI is InChI=1S/C21H29N5O.HI/c1-4-22-21(24-15-19-13-20(16(2)3)25-27-19)23-14-17-7-9-18(10-8-17)26-11-5-6-12-26;/h5-10,13,16H,4,11-12,14-15H2,1-3H3,(H2,22,23,24);1H. The number of anilines is 1. The minimum atomic E-state index is 0. The van der Waals surface area contributed by atoms with Gasteiger partial charge in [0.1, 0.15) is 0 Å². The molecular weight excluding hydrogens is 465 g/mol. The number of aliphatic imine (C=N–C) groups is 1. The summed E-state index contributed by atoms with van der Waals surface area (Å²) in [7, 11) is 0. The number of aromatic nitrogens is 1. The Balaban J connectivity index is 0.00000280. The molecule has 0 amide bonds. The minimum Gasteiger partial charge on any atom is -0.364 e. The summed E-state index contributed by atoms with van der Waals surface area (Å²) in [6.45, 7) is 10.2. The van der Waals surface area contributed by atoms with Crippen molar-refractivity contribution >= 4 is 35.6 Å². The predicted molar refractivity (Wildman–Crippen MR) is 125 cm³/mol. The highest BCUT2D eigenvalue weighted by atomic mass is 127. The number of guanidine groups is 1. The van der Waals surface area contributed by atoms with E-state index in [1.54, 1.807) is 0 Å². The van der Waals surface area contributed by atoms with Crippen molar-refractivity contribution in [3.63, 3.8) is 0 Å². The molecule has 0 atom stereocenters. The van der Waals surface area contributed by atoms with Gasteiger partial charge in [-0.3, -0.25) is 0 Å². The fraction of sp³-hybridized carbons (Fsp3) is 0.429. The smallest absolute Gasteiger partial charge is 0.191 e. The largest absolute Gasteiger partial charge is 0.364 e. The first-order chi connectivity index (χ1) is 13.2. The molecule has 1 aromatic heterocycles. The van der Waals surface area contributed by atoms with Crippen LogP contribution in [-0.2, 0) is 13.1 Å². The molecule has 6 nitrogen and oxygen atoms in total. The Labute approximate surface area is 184 Å². The molecule has 28 heavy (non-hydrogen) atoms. The number of nitrogens with zero attached hydrogens (tertiary/aromatic N) is 3. The predicted octanol–water partition coefficient (Wildman–Crippen LogP) is 4.05. The van der Waals surface area contributed by atoms with Crippen molar-refractivity contribution in [2.24, 2.45) is 4.99 Å². The second-order valence-corrected chi connectivity index (χ2v) is 6.96. The second kappa shape index (κ2) is 11.1. The molecule has 0 fully saturated rings. The molecule has 2 heterocycles. The normalized spacial score (nSPS) is 13.7. The molecule has 1 aliphatic heterocycles. The Morgan fingerprint density at radius 1 is 1.18 bits per heavy atom. The van der Waals surface area contributed by atoms with Crippen molar-refractivity contribution in [1.82, 2.24) is 15.8 Å².